The van der Waals surface area contributed by atoms with Crippen LogP contribution in [0.3, 0.4) is 0 Å². The van der Waals surface area contributed by atoms with Gasteiger partial charge in [0.2, 0.25) is 5.91 Å². The molecule has 3 N–H and O–H groups in total. The van der Waals surface area contributed by atoms with E-state index in [1.54, 1.807) is 25.9 Å². The van der Waals surface area contributed by atoms with Gasteiger partial charge in [0.25, 0.3) is 0 Å². The Hall–Kier alpha value is -0.440. The van der Waals surface area contributed by atoms with Crippen LogP contribution in [0.1, 0.15) is 18.1 Å². The predicted molar refractivity (Wildman–Crippen MR) is 88.9 cm³/mol. The van der Waals surface area contributed by atoms with Gasteiger partial charge in [-0.15, -0.1) is 0 Å². The molecule has 0 radical (unpaired) electrons. The molecule has 5 nitrogen and oxygen atoms in total. The summed E-state index contributed by atoms with van der Waals surface area (Å²) in [4.78, 5) is 13.6. The number of carbonyl (C=O) groups is 1. The van der Waals surface area contributed by atoms with Crippen LogP contribution in [-0.4, -0.2) is 70.7 Å². The van der Waals surface area contributed by atoms with Crippen LogP contribution >= 0.6 is 0 Å². The van der Waals surface area contributed by atoms with E-state index in [2.05, 4.69) is 5.32 Å². The summed E-state index contributed by atoms with van der Waals surface area (Å²) >= 11 is 0. The zero-order valence-electron chi connectivity index (χ0n) is 13.8. The smallest absolute Gasteiger partial charge is 0.393 e. The van der Waals surface area contributed by atoms with Gasteiger partial charge in [-0.3, -0.25) is 9.69 Å². The van der Waals surface area contributed by atoms with Crippen molar-refractivity contribution in [1.29, 1.82) is 0 Å². The predicted octanol–water partition coefficient (Wildman–Crippen LogP) is -3.77. The molecule has 1 unspecified atom stereocenters. The molecule has 9 heteroatoms. The summed E-state index contributed by atoms with van der Waals surface area (Å²) in [5.74, 6) is -1.92. The Labute approximate surface area is 162 Å². The molecule has 0 saturated carbocycles. The number of hydrogen-bond donors (Lipinski definition) is 3. The number of aliphatic hydroxyl groups excluding tert-OH is 1. The van der Waals surface area contributed by atoms with Crippen molar-refractivity contribution in [3.8, 4) is 0 Å². The van der Waals surface area contributed by atoms with E-state index in [-0.39, 0.29) is 65.9 Å². The summed E-state index contributed by atoms with van der Waals surface area (Å²) < 4.78 is 28.6. The van der Waals surface area contributed by atoms with Gasteiger partial charge in [0.15, 0.2) is 0 Å². The first-order valence-electron chi connectivity index (χ1n) is 6.99. The average Bonchev–Trinajstić information content (AvgIpc) is 2.83. The molecule has 130 valence electrons. The van der Waals surface area contributed by atoms with E-state index in [1.807, 2.05) is 0 Å². The maximum absolute atomic E-state index is 14.5. The van der Waals surface area contributed by atoms with Gasteiger partial charge in [-0.25, -0.2) is 8.78 Å². The van der Waals surface area contributed by atoms with E-state index < -0.39 is 35.8 Å². The fourth-order valence-electron chi connectivity index (χ4n) is 2.49. The topological polar surface area (TPSA) is 72.8 Å². The molecule has 1 aliphatic rings. The molecule has 0 bridgehead atoms. The molecule has 1 aromatic carbocycles. The van der Waals surface area contributed by atoms with Crippen LogP contribution < -0.4 is 24.2 Å². The van der Waals surface area contributed by atoms with Gasteiger partial charge in [-0.1, -0.05) is 0 Å². The van der Waals surface area contributed by atoms with E-state index in [1.165, 1.54) is 0 Å². The Bertz CT molecular complexity index is 619. The van der Waals surface area contributed by atoms with Crippen molar-refractivity contribution >= 4 is 29.0 Å². The molecule has 1 aromatic rings. The Morgan fingerprint density at radius 3 is 2.42 bits per heavy atom. The summed E-state index contributed by atoms with van der Waals surface area (Å²) in [6.45, 7) is 1.06. The van der Waals surface area contributed by atoms with Crippen molar-refractivity contribution in [3.05, 3.63) is 28.8 Å². The molecule has 0 fully saturated rings. The number of benzene rings is 1. The minimum atomic E-state index is -1.55. The third-order valence-electron chi connectivity index (χ3n) is 4.14. The molecule has 0 heterocycles. The van der Waals surface area contributed by atoms with Crippen molar-refractivity contribution in [1.82, 2.24) is 4.90 Å². The van der Waals surface area contributed by atoms with Crippen LogP contribution in [0.4, 0.5) is 14.5 Å². The normalized spacial score (nSPS) is 20.0. The maximum Gasteiger partial charge on any atom is 1.00 e. The van der Waals surface area contributed by atoms with Crippen molar-refractivity contribution < 1.29 is 42.6 Å². The van der Waals surface area contributed by atoms with Gasteiger partial charge in [0, 0.05) is 36.3 Å². The monoisotopic (exact) mass is 352 g/mol. The van der Waals surface area contributed by atoms with Crippen LogP contribution in [-0.2, 0) is 17.6 Å². The number of fused-ring (bicyclic) bond motifs is 1. The number of nitrogens with one attached hydrogen (secondary N) is 1. The number of likely N-dealkylation sites (N-methyl/N-ethyl adjacent to an activating group) is 1. The second-order valence-electron chi connectivity index (χ2n) is 6.04. The standard InChI is InChI=1S/C15H20F2N2O3.Al.Li.4H/c1-8(19(2)3)14(21)18-12-4-11(16)9-5-15(22,7-20)6-10(9)13(12)17;;;;;;/h4,8,20,22H,5-7H2,1-3H3,(H,18,21);;;;;;/q;-1;+1;;;;/t8-,15?;;;;;;/m1....../s1. The number of carbonyl (C=O) groups excluding carboxylic acids is 1. The molecular weight excluding hydrogens is 328 g/mol. The largest absolute Gasteiger partial charge is 1.00 e. The van der Waals surface area contributed by atoms with E-state index in [0.29, 0.717) is 0 Å². The SMILES string of the molecule is C[C@H](C(=O)Nc1cc(F)c2c(c1F)CC(O)(CO)C2)N(C)C.[AlH4-].[Li+]. The molecule has 0 aromatic heterocycles. The van der Waals surface area contributed by atoms with Gasteiger partial charge >= 0.3 is 18.9 Å². The summed E-state index contributed by atoms with van der Waals surface area (Å²) in [5, 5.41) is 21.6. The first-order valence-corrected chi connectivity index (χ1v) is 6.99. The summed E-state index contributed by atoms with van der Waals surface area (Å²) in [6, 6.07) is 0.405. The fourth-order valence-corrected chi connectivity index (χ4v) is 2.49. The maximum atomic E-state index is 14.5. The molecule has 2 rings (SSSR count). The Morgan fingerprint density at radius 1 is 1.38 bits per heavy atom. The number of halogens is 2. The Balaban J connectivity index is 0.00000264. The second-order valence-corrected chi connectivity index (χ2v) is 6.04. The van der Waals surface area contributed by atoms with Crippen molar-refractivity contribution in [3.63, 3.8) is 0 Å². The molecule has 0 aliphatic heterocycles. The Morgan fingerprint density at radius 2 is 1.92 bits per heavy atom. The average molecular weight is 352 g/mol. The van der Waals surface area contributed by atoms with Gasteiger partial charge in [0.1, 0.15) is 11.6 Å². The van der Waals surface area contributed by atoms with Crippen molar-refractivity contribution in [2.24, 2.45) is 0 Å². The zero-order valence-corrected chi connectivity index (χ0v) is 13.8. The summed E-state index contributed by atoms with van der Waals surface area (Å²) in [7, 11) is 3.40. The second kappa shape index (κ2) is 8.78. The number of amides is 1. The molecule has 0 saturated heterocycles. The number of aliphatic hydroxyl groups is 2. The quantitative estimate of drug-likeness (QED) is 0.487. The molecule has 0 spiro atoms. The molecule has 24 heavy (non-hydrogen) atoms. The number of nitrogens with zero attached hydrogens (tertiary/aromatic N) is 1. The van der Waals surface area contributed by atoms with Crippen LogP contribution in [0.25, 0.3) is 0 Å². The first kappa shape index (κ1) is 23.6. The van der Waals surface area contributed by atoms with E-state index in [4.69, 9.17) is 5.11 Å². The fraction of sp³-hybridized carbons (Fsp3) is 0.533. The van der Waals surface area contributed by atoms with Gasteiger partial charge in [0.05, 0.1) is 23.9 Å². The van der Waals surface area contributed by atoms with E-state index in [9.17, 15) is 18.7 Å². The number of rotatable bonds is 4. The van der Waals surface area contributed by atoms with Crippen LogP contribution in [0.15, 0.2) is 6.07 Å². The van der Waals surface area contributed by atoms with Gasteiger partial charge in [-0.2, -0.15) is 0 Å². The summed E-state index contributed by atoms with van der Waals surface area (Å²) in [6.07, 6.45) is -0.335. The van der Waals surface area contributed by atoms with Crippen LogP contribution in [0, 0.1) is 11.6 Å². The zero-order chi connectivity index (χ0) is 16.7. The third-order valence-corrected chi connectivity index (χ3v) is 4.14. The van der Waals surface area contributed by atoms with Crippen LogP contribution in [0.2, 0.25) is 0 Å². The molecule has 2 atom stereocenters. The summed E-state index contributed by atoms with van der Waals surface area (Å²) in [5.41, 5.74) is -1.75. The van der Waals surface area contributed by atoms with E-state index >= 15 is 0 Å². The first-order chi connectivity index (χ1) is 10.2. The molecular formula is C15H24AlF2LiN2O3. The molecule has 1 aliphatic carbocycles. The van der Waals surface area contributed by atoms with Crippen molar-refractivity contribution in [2.45, 2.75) is 31.4 Å². The minimum Gasteiger partial charge on any atom is -0.393 e. The van der Waals surface area contributed by atoms with Crippen LogP contribution in [0.5, 0.6) is 0 Å². The Kier molecular flexibility index (Phi) is 8.62. The van der Waals surface area contributed by atoms with Crippen molar-refractivity contribution in [2.75, 3.05) is 26.0 Å². The van der Waals surface area contributed by atoms with E-state index in [0.717, 1.165) is 6.07 Å². The minimum absolute atomic E-state index is 0. The number of anilines is 1. The van der Waals surface area contributed by atoms with Gasteiger partial charge in [-0.05, 0) is 32.1 Å². The molecule has 1 amide bonds. The number of hydrogen-bond acceptors (Lipinski definition) is 4. The van der Waals surface area contributed by atoms with Gasteiger partial charge < -0.3 is 15.5 Å². The third kappa shape index (κ3) is 4.59.